The highest BCUT2D eigenvalue weighted by Gasteiger charge is 2.53. The molecule has 93 heavy (non-hydrogen) atoms. The molecule has 0 spiro atoms. The van der Waals surface area contributed by atoms with Crippen molar-refractivity contribution >= 4 is 23.7 Å². The summed E-state index contributed by atoms with van der Waals surface area (Å²) in [7, 11) is 0. The lowest BCUT2D eigenvalue weighted by molar-refractivity contribution is -0.342. The van der Waals surface area contributed by atoms with Crippen LogP contribution in [0, 0.1) is 0 Å². The average Bonchev–Trinajstić information content (AvgIpc) is 1.15. The smallest absolute Gasteiger partial charge is 0.326 e. The number of rotatable bonds is 25. The molecular weight excluding hydrogens is 1270 g/mol. The Kier molecular flexibility index (Phi) is 26.7. The molecule has 0 bridgehead atoms. The van der Waals surface area contributed by atoms with Crippen LogP contribution in [0.2, 0.25) is 0 Å². The normalized spacial score (nSPS) is 45.6. The molecule has 0 aliphatic carbocycles. The Morgan fingerprint density at radius 2 is 0.667 bits per heavy atom. The fourth-order valence-corrected chi connectivity index (χ4v) is 11.8. The van der Waals surface area contributed by atoms with Crippen molar-refractivity contribution in [2.24, 2.45) is 5.73 Å². The van der Waals surface area contributed by atoms with Crippen LogP contribution in [-0.4, -0.2) is 415 Å². The monoisotopic (exact) mass is 1360 g/mol. The molecule has 0 aromatic rings. The predicted octanol–water partition coefficient (Wildman–Crippen LogP) is -16.2. The molecule has 3 amide bonds. The van der Waals surface area contributed by atoms with Crippen LogP contribution < -0.4 is 11.1 Å². The van der Waals surface area contributed by atoms with Gasteiger partial charge in [0.15, 0.2) is 37.7 Å². The molecule has 34 atom stereocenters. The summed E-state index contributed by atoms with van der Waals surface area (Å²) in [6.45, 7) is -6.64. The van der Waals surface area contributed by atoms with Gasteiger partial charge in [-0.2, -0.15) is 0 Å². The number of nitrogens with one attached hydrogen (secondary N) is 1. The first kappa shape index (κ1) is 75.3. The van der Waals surface area contributed by atoms with Crippen molar-refractivity contribution < 1.29 is 183 Å². The highest BCUT2D eigenvalue weighted by molar-refractivity contribution is 5.94. The summed E-state index contributed by atoms with van der Waals surface area (Å²) in [6, 6.07) is -6.24. The van der Waals surface area contributed by atoms with Gasteiger partial charge in [0, 0.05) is 13.1 Å². The third-order valence-corrected chi connectivity index (χ3v) is 17.5. The fourth-order valence-electron chi connectivity index (χ4n) is 11.8. The third kappa shape index (κ3) is 16.8. The summed E-state index contributed by atoms with van der Waals surface area (Å²) >= 11 is 0. The number of nitrogens with zero attached hydrogens (tertiary/aromatic N) is 2. The van der Waals surface area contributed by atoms with E-state index >= 15 is 0 Å². The van der Waals surface area contributed by atoms with Crippen LogP contribution in [0.1, 0.15) is 25.7 Å². The van der Waals surface area contributed by atoms with Gasteiger partial charge in [0.25, 0.3) is 0 Å². The van der Waals surface area contributed by atoms with E-state index in [0.29, 0.717) is 0 Å². The van der Waals surface area contributed by atoms with E-state index < -0.39 is 285 Å². The minimum absolute atomic E-state index is 0.0104. The van der Waals surface area contributed by atoms with Gasteiger partial charge in [-0.3, -0.25) is 14.4 Å². The molecule has 0 aromatic heterocycles. The summed E-state index contributed by atoms with van der Waals surface area (Å²) in [6.07, 6.45) is -54.6. The van der Waals surface area contributed by atoms with Gasteiger partial charge in [0.05, 0.1) is 52.9 Å². The molecule has 41 heteroatoms. The zero-order valence-electron chi connectivity index (χ0n) is 49.4. The Morgan fingerprint density at radius 1 is 0.387 bits per heavy atom. The molecule has 0 aromatic carbocycles. The number of aliphatic hydroxyl groups excluding tert-OH is 20. The van der Waals surface area contributed by atoms with Crippen molar-refractivity contribution in [1.82, 2.24) is 15.1 Å². The second kappa shape index (κ2) is 32.9. The van der Waals surface area contributed by atoms with Gasteiger partial charge >= 0.3 is 5.97 Å². The maximum atomic E-state index is 14.2. The van der Waals surface area contributed by atoms with Gasteiger partial charge in [-0.25, -0.2) is 4.79 Å². The van der Waals surface area contributed by atoms with Gasteiger partial charge in [0.2, 0.25) is 17.7 Å². The van der Waals surface area contributed by atoms with Crippen LogP contribution in [-0.2, 0) is 76.0 Å². The number of nitrogens with two attached hydrogens (primary N) is 1. The molecule has 0 radical (unpaired) electrons. The minimum atomic E-state index is -2.10. The second-order valence-electron chi connectivity index (χ2n) is 23.8. The standard InChI is InChI=1S/C52H86N4O37/c53-15(9-82-47-39(73)33(67)27(61)21(90-47)13-86-51-41(75)35(69)29(63)23(92-51)11-84-49-37(71)31(65)25(59)19(7-57)88-49)44(78)55-5-1-3-17(55)43(77)54-16(45(79)56-6-2-4-18(56)46(80)81)10-83-48-40(74)34(68)28(62)22(91-48)14-87-52-42(76)36(70)30(64)24(93-52)12-85-50-38(72)32(66)26(60)20(8-58)89-50/h15-42,47-52,57-76H,1-14,53H2,(H,54,77)(H,80,81)/t15-,16-,17-,18-,19+,20+,21+,22+,23+,24+,25+,26+,27+,28+,29+,30+,31-,32-,33-,34-,35-,36-,37+,38+,39-,40-,41-,42-,47-,48-,49+,50+,51-,52-/m0/s1. The number of likely N-dealkylation sites (tertiary alicyclic amines) is 2. The van der Waals surface area contributed by atoms with Crippen molar-refractivity contribution in [3.8, 4) is 0 Å². The topological polar surface area (TPSA) is 648 Å². The van der Waals surface area contributed by atoms with Crippen LogP contribution in [0.5, 0.6) is 0 Å². The number of hydrogen-bond donors (Lipinski definition) is 23. The number of hydrogen-bond acceptors (Lipinski definition) is 37. The lowest BCUT2D eigenvalue weighted by Crippen LogP contribution is -2.63. The van der Waals surface area contributed by atoms with Crippen molar-refractivity contribution in [3.63, 3.8) is 0 Å². The number of carbonyl (C=O) groups is 4. The first-order valence-corrected chi connectivity index (χ1v) is 30.0. The van der Waals surface area contributed by atoms with E-state index in [1.54, 1.807) is 0 Å². The third-order valence-electron chi connectivity index (χ3n) is 17.5. The summed E-state index contributed by atoms with van der Waals surface area (Å²) in [5, 5.41) is 222. The van der Waals surface area contributed by atoms with Gasteiger partial charge in [-0.15, -0.1) is 0 Å². The molecule has 8 fully saturated rings. The number of carboxylic acids is 1. The van der Waals surface area contributed by atoms with Crippen LogP contribution in [0.4, 0.5) is 0 Å². The number of carbonyl (C=O) groups excluding carboxylic acids is 3. The number of ether oxygens (including phenoxy) is 12. The van der Waals surface area contributed by atoms with E-state index in [9.17, 15) is 126 Å². The molecule has 0 saturated carbocycles. The zero-order chi connectivity index (χ0) is 68.2. The van der Waals surface area contributed by atoms with Crippen LogP contribution in [0.15, 0.2) is 0 Å². The molecule has 8 saturated heterocycles. The summed E-state index contributed by atoms with van der Waals surface area (Å²) in [5.74, 6) is -4.35. The highest BCUT2D eigenvalue weighted by Crippen LogP contribution is 2.32. The lowest BCUT2D eigenvalue weighted by Gasteiger charge is -2.44. The van der Waals surface area contributed by atoms with Crippen molar-refractivity contribution in [1.29, 1.82) is 0 Å². The summed E-state index contributed by atoms with van der Waals surface area (Å²) in [5.41, 5.74) is 6.26. The molecule has 8 heterocycles. The first-order chi connectivity index (χ1) is 44.0. The Bertz CT molecular complexity index is 2420. The number of carboxylic acid groups (broad SMARTS) is 1. The van der Waals surface area contributed by atoms with E-state index in [1.807, 2.05) is 0 Å². The van der Waals surface area contributed by atoms with E-state index in [2.05, 4.69) is 5.32 Å². The maximum Gasteiger partial charge on any atom is 0.326 e. The summed E-state index contributed by atoms with van der Waals surface area (Å²) < 4.78 is 66.4. The molecular formula is C52H86N4O37. The van der Waals surface area contributed by atoms with Gasteiger partial charge < -0.3 is 185 Å². The SMILES string of the molecule is N[C@@H](CO[C@H]1O[C@H](CO[C@H]2O[C@H](CO[C@@H]3O[C@H](CO)[C@@H](O)[C@H](O)[C@H]3O)[C@@H](O)[C@H](O)[C@@H]2O)[C@@H](O)[C@H](O)[C@@H]1O)C(=O)N1CCC[C@H]1C(=O)N[C@@H](CO[C@H]1O[C@H](CO[C@H]2O[C@H](CO[C@@H]3O[C@H](CO)[C@@H](O)[C@H](O)[C@H]3O)[C@@H](O)[C@H](O)[C@@H]2O)[C@@H](O)[C@H](O)[C@@H]1O)C(=O)N1CCC[C@H]1C(=O)O. The van der Waals surface area contributed by atoms with Gasteiger partial charge in [-0.1, -0.05) is 0 Å². The van der Waals surface area contributed by atoms with E-state index in [-0.39, 0.29) is 38.8 Å². The minimum Gasteiger partial charge on any atom is -0.480 e. The Balaban J connectivity index is 0.857. The van der Waals surface area contributed by atoms with E-state index in [4.69, 9.17) is 62.6 Å². The number of aliphatic hydroxyl groups is 20. The first-order valence-electron chi connectivity index (χ1n) is 30.0. The van der Waals surface area contributed by atoms with Crippen molar-refractivity contribution in [2.45, 2.75) is 234 Å². The van der Waals surface area contributed by atoms with Crippen LogP contribution >= 0.6 is 0 Å². The predicted molar refractivity (Wildman–Crippen MR) is 287 cm³/mol. The Morgan fingerprint density at radius 3 is 0.989 bits per heavy atom. The van der Waals surface area contributed by atoms with Crippen LogP contribution in [0.3, 0.4) is 0 Å². The van der Waals surface area contributed by atoms with Crippen LogP contribution in [0.25, 0.3) is 0 Å². The molecule has 8 aliphatic heterocycles. The number of amides is 3. The molecule has 41 nitrogen and oxygen atoms in total. The average molecular weight is 1360 g/mol. The van der Waals surface area contributed by atoms with Crippen molar-refractivity contribution in [3.05, 3.63) is 0 Å². The largest absolute Gasteiger partial charge is 0.480 e. The fraction of sp³-hybridized carbons (Fsp3) is 0.923. The van der Waals surface area contributed by atoms with E-state index in [0.717, 1.165) is 9.80 Å². The maximum absolute atomic E-state index is 14.2. The van der Waals surface area contributed by atoms with Crippen molar-refractivity contribution in [2.75, 3.05) is 65.9 Å². The lowest BCUT2D eigenvalue weighted by atomic mass is 9.98. The van der Waals surface area contributed by atoms with Gasteiger partial charge in [-0.05, 0) is 25.7 Å². The number of aliphatic carboxylic acids is 1. The summed E-state index contributed by atoms with van der Waals surface area (Å²) in [4.78, 5) is 56.7. The molecule has 8 aliphatic rings. The molecule has 24 N–H and O–H groups in total. The highest BCUT2D eigenvalue weighted by atomic mass is 16.8. The van der Waals surface area contributed by atoms with E-state index in [1.165, 1.54) is 0 Å². The molecule has 536 valence electrons. The molecule has 8 rings (SSSR count). The quantitative estimate of drug-likeness (QED) is 0.0404. The Labute approximate surface area is 526 Å². The zero-order valence-corrected chi connectivity index (χ0v) is 49.4. The molecule has 0 unspecified atom stereocenters. The van der Waals surface area contributed by atoms with Gasteiger partial charge in [0.1, 0.15) is 171 Å². The Hall–Kier alpha value is -3.44. The second-order valence-corrected chi connectivity index (χ2v) is 23.8.